The van der Waals surface area contributed by atoms with Crippen molar-refractivity contribution >= 4 is 0 Å². The fourth-order valence-electron chi connectivity index (χ4n) is 1.79. The lowest BCUT2D eigenvalue weighted by Gasteiger charge is -2.14. The molecule has 1 aliphatic rings. The van der Waals surface area contributed by atoms with Gasteiger partial charge in [0, 0.05) is 12.1 Å². The van der Waals surface area contributed by atoms with Gasteiger partial charge >= 0.3 is 0 Å². The molecule has 1 heterocycles. The van der Waals surface area contributed by atoms with Gasteiger partial charge in [0.05, 0.1) is 6.10 Å². The molecular formula is C11H15NO3. The van der Waals surface area contributed by atoms with Crippen LogP contribution in [-0.4, -0.2) is 25.5 Å². The third kappa shape index (κ3) is 1.78. The summed E-state index contributed by atoms with van der Waals surface area (Å²) >= 11 is 0. The number of aliphatic hydroxyl groups excluding tert-OH is 1. The molecule has 0 bridgehead atoms. The molecule has 0 spiro atoms. The molecule has 0 aliphatic carbocycles. The molecule has 1 aliphatic heterocycles. The number of rotatable bonds is 3. The third-order valence-electron chi connectivity index (χ3n) is 2.59. The Balaban J connectivity index is 2.33. The van der Waals surface area contributed by atoms with Crippen molar-refractivity contribution in [2.75, 3.05) is 20.4 Å². The number of hydrogen-bond acceptors (Lipinski definition) is 4. The van der Waals surface area contributed by atoms with E-state index in [0.29, 0.717) is 6.54 Å². The summed E-state index contributed by atoms with van der Waals surface area (Å²) in [5, 5.41) is 12.8. The van der Waals surface area contributed by atoms with Gasteiger partial charge in [-0.15, -0.1) is 0 Å². The van der Waals surface area contributed by atoms with E-state index in [1.165, 1.54) is 0 Å². The Kier molecular flexibility index (Phi) is 2.79. The minimum absolute atomic E-state index is 0.266. The summed E-state index contributed by atoms with van der Waals surface area (Å²) in [6.45, 7) is 2.73. The normalized spacial score (nSPS) is 15.4. The van der Waals surface area contributed by atoms with E-state index in [2.05, 4.69) is 5.32 Å². The number of benzene rings is 1. The van der Waals surface area contributed by atoms with Crippen molar-refractivity contribution in [3.63, 3.8) is 0 Å². The maximum atomic E-state index is 9.87. The van der Waals surface area contributed by atoms with Crippen LogP contribution >= 0.6 is 0 Å². The zero-order valence-electron chi connectivity index (χ0n) is 8.91. The van der Waals surface area contributed by atoms with Gasteiger partial charge in [-0.1, -0.05) is 6.07 Å². The quantitative estimate of drug-likeness (QED) is 0.779. The molecule has 1 aromatic carbocycles. The van der Waals surface area contributed by atoms with Crippen LogP contribution < -0.4 is 14.8 Å². The second kappa shape index (κ2) is 4.08. The van der Waals surface area contributed by atoms with Gasteiger partial charge in [-0.2, -0.15) is 0 Å². The van der Waals surface area contributed by atoms with E-state index in [1.54, 1.807) is 0 Å². The minimum atomic E-state index is -0.510. The van der Waals surface area contributed by atoms with Crippen molar-refractivity contribution in [3.05, 3.63) is 23.3 Å². The van der Waals surface area contributed by atoms with Crippen LogP contribution in [0.1, 0.15) is 17.2 Å². The van der Waals surface area contributed by atoms with Gasteiger partial charge in [-0.25, -0.2) is 0 Å². The predicted molar refractivity (Wildman–Crippen MR) is 56.2 cm³/mol. The number of fused-ring (bicyclic) bond motifs is 1. The van der Waals surface area contributed by atoms with Crippen molar-refractivity contribution < 1.29 is 14.6 Å². The summed E-state index contributed by atoms with van der Waals surface area (Å²) in [4.78, 5) is 0. The molecule has 2 rings (SSSR count). The van der Waals surface area contributed by atoms with Crippen LogP contribution in [0.25, 0.3) is 0 Å². The Morgan fingerprint density at radius 3 is 3.00 bits per heavy atom. The van der Waals surface area contributed by atoms with Gasteiger partial charge in [0.25, 0.3) is 0 Å². The van der Waals surface area contributed by atoms with Gasteiger partial charge in [0.15, 0.2) is 11.5 Å². The first-order valence-electron chi connectivity index (χ1n) is 4.95. The van der Waals surface area contributed by atoms with E-state index < -0.39 is 6.10 Å². The molecule has 2 N–H and O–H groups in total. The van der Waals surface area contributed by atoms with E-state index in [1.807, 2.05) is 26.1 Å². The topological polar surface area (TPSA) is 50.7 Å². The van der Waals surface area contributed by atoms with Crippen LogP contribution in [0, 0.1) is 6.92 Å². The van der Waals surface area contributed by atoms with Crippen molar-refractivity contribution in [2.24, 2.45) is 0 Å². The molecule has 4 nitrogen and oxygen atoms in total. The summed E-state index contributed by atoms with van der Waals surface area (Å²) in [6, 6.07) is 3.72. The molecule has 1 aromatic rings. The highest BCUT2D eigenvalue weighted by Crippen LogP contribution is 2.38. The van der Waals surface area contributed by atoms with E-state index in [0.717, 1.165) is 22.6 Å². The first-order valence-corrected chi connectivity index (χ1v) is 4.95. The first kappa shape index (κ1) is 10.3. The first-order chi connectivity index (χ1) is 7.24. The van der Waals surface area contributed by atoms with Crippen molar-refractivity contribution in [2.45, 2.75) is 13.0 Å². The standard InChI is InChI=1S/C11H15NO3/c1-7-8(9(13)5-12-2)3-4-10-11(7)15-6-14-10/h3-4,9,12-13H,5-6H2,1-2H3. The molecule has 1 atom stereocenters. The molecule has 0 aromatic heterocycles. The fourth-order valence-corrected chi connectivity index (χ4v) is 1.79. The number of hydrogen-bond donors (Lipinski definition) is 2. The average molecular weight is 209 g/mol. The molecular weight excluding hydrogens is 194 g/mol. The molecule has 1 unspecified atom stereocenters. The van der Waals surface area contributed by atoms with Gasteiger partial charge in [-0.05, 0) is 25.6 Å². The van der Waals surface area contributed by atoms with Gasteiger partial charge in [0.2, 0.25) is 6.79 Å². The SMILES string of the molecule is CNCC(O)c1ccc2c(c1C)OCO2. The number of likely N-dealkylation sites (N-methyl/N-ethyl adjacent to an activating group) is 1. The zero-order chi connectivity index (χ0) is 10.8. The Morgan fingerprint density at radius 2 is 2.27 bits per heavy atom. The van der Waals surface area contributed by atoms with Gasteiger partial charge < -0.3 is 19.9 Å². The largest absolute Gasteiger partial charge is 0.454 e. The molecule has 0 radical (unpaired) electrons. The Bertz CT molecular complexity index is 365. The highest BCUT2D eigenvalue weighted by atomic mass is 16.7. The lowest BCUT2D eigenvalue weighted by Crippen LogP contribution is -2.17. The minimum Gasteiger partial charge on any atom is -0.454 e. The van der Waals surface area contributed by atoms with Crippen LogP contribution in [0.4, 0.5) is 0 Å². The van der Waals surface area contributed by atoms with Crippen LogP contribution in [0.5, 0.6) is 11.5 Å². The van der Waals surface area contributed by atoms with Crippen molar-refractivity contribution in [3.8, 4) is 11.5 Å². The molecule has 82 valence electrons. The highest BCUT2D eigenvalue weighted by molar-refractivity contribution is 5.52. The summed E-state index contributed by atoms with van der Waals surface area (Å²) in [5.74, 6) is 1.51. The monoisotopic (exact) mass is 209 g/mol. The van der Waals surface area contributed by atoms with E-state index in [-0.39, 0.29) is 6.79 Å². The van der Waals surface area contributed by atoms with Crippen molar-refractivity contribution in [1.29, 1.82) is 0 Å². The smallest absolute Gasteiger partial charge is 0.231 e. The van der Waals surface area contributed by atoms with E-state index in [9.17, 15) is 5.11 Å². The second-order valence-corrected chi connectivity index (χ2v) is 3.59. The lowest BCUT2D eigenvalue weighted by atomic mass is 10.0. The number of aliphatic hydroxyl groups is 1. The average Bonchev–Trinajstić information content (AvgIpc) is 2.67. The molecule has 15 heavy (non-hydrogen) atoms. The third-order valence-corrected chi connectivity index (χ3v) is 2.59. The molecule has 0 fully saturated rings. The highest BCUT2D eigenvalue weighted by Gasteiger charge is 2.20. The Morgan fingerprint density at radius 1 is 1.47 bits per heavy atom. The van der Waals surface area contributed by atoms with Gasteiger partial charge in [0.1, 0.15) is 0 Å². The van der Waals surface area contributed by atoms with E-state index in [4.69, 9.17) is 9.47 Å². The molecule has 4 heteroatoms. The maximum absolute atomic E-state index is 9.87. The van der Waals surface area contributed by atoms with E-state index >= 15 is 0 Å². The molecule has 0 saturated heterocycles. The predicted octanol–water partition coefficient (Wildman–Crippen LogP) is 0.977. The Labute approximate surface area is 88.8 Å². The van der Waals surface area contributed by atoms with Crippen LogP contribution in [0.2, 0.25) is 0 Å². The molecule has 0 amide bonds. The zero-order valence-corrected chi connectivity index (χ0v) is 8.91. The number of ether oxygens (including phenoxy) is 2. The fraction of sp³-hybridized carbons (Fsp3) is 0.455. The summed E-state index contributed by atoms with van der Waals surface area (Å²) < 4.78 is 10.6. The molecule has 0 saturated carbocycles. The summed E-state index contributed by atoms with van der Waals surface area (Å²) in [7, 11) is 1.81. The van der Waals surface area contributed by atoms with Crippen LogP contribution in [0.3, 0.4) is 0 Å². The lowest BCUT2D eigenvalue weighted by molar-refractivity contribution is 0.170. The van der Waals surface area contributed by atoms with Crippen molar-refractivity contribution in [1.82, 2.24) is 5.32 Å². The summed E-state index contributed by atoms with van der Waals surface area (Å²) in [6.07, 6.45) is -0.510. The van der Waals surface area contributed by atoms with Crippen LogP contribution in [-0.2, 0) is 0 Å². The second-order valence-electron chi connectivity index (χ2n) is 3.59. The van der Waals surface area contributed by atoms with Gasteiger partial charge in [-0.3, -0.25) is 0 Å². The maximum Gasteiger partial charge on any atom is 0.231 e. The Hall–Kier alpha value is -1.26. The number of nitrogens with one attached hydrogen (secondary N) is 1. The van der Waals surface area contributed by atoms with Crippen LogP contribution in [0.15, 0.2) is 12.1 Å². The summed E-state index contributed by atoms with van der Waals surface area (Å²) in [5.41, 5.74) is 1.83.